The summed E-state index contributed by atoms with van der Waals surface area (Å²) in [6.07, 6.45) is 3.36. The lowest BCUT2D eigenvalue weighted by atomic mass is 9.98. The summed E-state index contributed by atoms with van der Waals surface area (Å²) < 4.78 is 0. The molecule has 0 aromatic heterocycles. The molecule has 2 heterocycles. The number of likely N-dealkylation sites (N-methyl/N-ethyl adjacent to an activating group) is 1. The van der Waals surface area contributed by atoms with E-state index in [0.29, 0.717) is 17.8 Å². The molecule has 3 rings (SSSR count). The number of nitrogens with zero attached hydrogens (tertiary/aromatic N) is 2. The molecule has 0 saturated carbocycles. The van der Waals surface area contributed by atoms with Gasteiger partial charge in [-0.1, -0.05) is 18.2 Å². The number of aryl methyl sites for hydroxylation is 2. The maximum atomic E-state index is 12.8. The first-order valence-electron chi connectivity index (χ1n) is 8.47. The Labute approximate surface area is 137 Å². The summed E-state index contributed by atoms with van der Waals surface area (Å²) in [7, 11) is 0. The first-order chi connectivity index (χ1) is 11.0. The summed E-state index contributed by atoms with van der Waals surface area (Å²) in [4.78, 5) is 29.1. The van der Waals surface area contributed by atoms with Crippen molar-refractivity contribution in [2.75, 3.05) is 19.6 Å². The van der Waals surface area contributed by atoms with Crippen LogP contribution in [0.4, 0.5) is 0 Å². The summed E-state index contributed by atoms with van der Waals surface area (Å²) in [5.41, 5.74) is 4.39. The predicted molar refractivity (Wildman–Crippen MR) is 90.7 cm³/mol. The molecule has 0 aliphatic carbocycles. The van der Waals surface area contributed by atoms with Crippen LogP contribution < -0.4 is 0 Å². The topological polar surface area (TPSA) is 40.6 Å². The van der Waals surface area contributed by atoms with Gasteiger partial charge >= 0.3 is 0 Å². The van der Waals surface area contributed by atoms with Crippen molar-refractivity contribution in [3.8, 4) is 0 Å². The van der Waals surface area contributed by atoms with E-state index >= 15 is 0 Å². The largest absolute Gasteiger partial charge is 0.366 e. The Hall–Kier alpha value is -2.10. The average molecular weight is 312 g/mol. The zero-order valence-electron chi connectivity index (χ0n) is 14.2. The molecule has 122 valence electrons. The molecule has 0 unspecified atom stereocenters. The van der Waals surface area contributed by atoms with E-state index in [2.05, 4.69) is 11.8 Å². The Kier molecular flexibility index (Phi) is 4.24. The van der Waals surface area contributed by atoms with Crippen LogP contribution in [0.1, 0.15) is 42.9 Å². The van der Waals surface area contributed by atoms with Crippen LogP contribution in [0.5, 0.6) is 0 Å². The Morgan fingerprint density at radius 1 is 0.957 bits per heavy atom. The van der Waals surface area contributed by atoms with Crippen molar-refractivity contribution in [2.24, 2.45) is 0 Å². The van der Waals surface area contributed by atoms with E-state index in [4.69, 9.17) is 0 Å². The van der Waals surface area contributed by atoms with Gasteiger partial charge in [-0.3, -0.25) is 14.5 Å². The first kappa shape index (κ1) is 15.8. The van der Waals surface area contributed by atoms with Gasteiger partial charge in [-0.2, -0.15) is 0 Å². The molecule has 1 aromatic rings. The number of hydrogen-bond donors (Lipinski definition) is 0. The molecule has 2 amide bonds. The van der Waals surface area contributed by atoms with Crippen LogP contribution in [-0.4, -0.2) is 41.2 Å². The van der Waals surface area contributed by atoms with Gasteiger partial charge in [-0.25, -0.2) is 0 Å². The van der Waals surface area contributed by atoms with E-state index in [9.17, 15) is 9.59 Å². The molecule has 23 heavy (non-hydrogen) atoms. The fraction of sp³-hybridized carbons (Fsp3) is 0.474. The van der Waals surface area contributed by atoms with Gasteiger partial charge in [-0.05, 0) is 56.7 Å². The van der Waals surface area contributed by atoms with E-state index in [-0.39, 0.29) is 11.8 Å². The Morgan fingerprint density at radius 3 is 2.26 bits per heavy atom. The quantitative estimate of drug-likeness (QED) is 0.806. The van der Waals surface area contributed by atoms with E-state index in [0.717, 1.165) is 37.1 Å². The zero-order valence-corrected chi connectivity index (χ0v) is 14.2. The highest BCUT2D eigenvalue weighted by atomic mass is 16.2. The number of carbonyl (C=O) groups excluding carboxylic acids is 2. The number of amides is 2. The van der Waals surface area contributed by atoms with Crippen LogP contribution in [0, 0.1) is 13.8 Å². The molecule has 2 aliphatic heterocycles. The van der Waals surface area contributed by atoms with Crippen molar-refractivity contribution in [3.05, 3.63) is 40.6 Å². The summed E-state index contributed by atoms with van der Waals surface area (Å²) in [5.74, 6) is -0.283. The first-order valence-corrected chi connectivity index (χ1v) is 8.47. The minimum Gasteiger partial charge on any atom is -0.366 e. The van der Waals surface area contributed by atoms with Crippen molar-refractivity contribution in [1.82, 2.24) is 9.80 Å². The fourth-order valence-electron chi connectivity index (χ4n) is 3.42. The van der Waals surface area contributed by atoms with Crippen molar-refractivity contribution in [2.45, 2.75) is 40.0 Å². The number of hydrogen-bond acceptors (Lipinski definition) is 3. The molecule has 0 atom stereocenters. The van der Waals surface area contributed by atoms with Gasteiger partial charge in [0.25, 0.3) is 11.8 Å². The van der Waals surface area contributed by atoms with Crippen LogP contribution in [-0.2, 0) is 9.59 Å². The summed E-state index contributed by atoms with van der Waals surface area (Å²) in [6, 6.07) is 6.02. The minimum atomic E-state index is -0.152. The molecule has 4 nitrogen and oxygen atoms in total. The molecule has 0 N–H and O–H groups in total. The number of benzene rings is 1. The molecule has 0 radical (unpaired) electrons. The van der Waals surface area contributed by atoms with Gasteiger partial charge in [0.05, 0.1) is 5.57 Å². The molecule has 1 aromatic carbocycles. The van der Waals surface area contributed by atoms with E-state index in [1.807, 2.05) is 32.0 Å². The standard InChI is InChI=1S/C19H24N2O2/c1-4-21-18(22)16(15-9-8-13(2)14(3)12-15)17(19(21)23)20-10-6-5-7-11-20/h8-9,12H,4-7,10-11H2,1-3H3. The maximum Gasteiger partial charge on any atom is 0.277 e. The van der Waals surface area contributed by atoms with Crippen molar-refractivity contribution >= 4 is 17.4 Å². The highest BCUT2D eigenvalue weighted by Gasteiger charge is 2.40. The number of rotatable bonds is 3. The second-order valence-electron chi connectivity index (χ2n) is 6.42. The predicted octanol–water partition coefficient (Wildman–Crippen LogP) is 2.89. The molecule has 1 saturated heterocycles. The lowest BCUT2D eigenvalue weighted by Crippen LogP contribution is -2.37. The third-order valence-corrected chi connectivity index (χ3v) is 4.93. The van der Waals surface area contributed by atoms with Crippen LogP contribution in [0.25, 0.3) is 5.57 Å². The monoisotopic (exact) mass is 312 g/mol. The van der Waals surface area contributed by atoms with Gasteiger partial charge in [-0.15, -0.1) is 0 Å². The molecular weight excluding hydrogens is 288 g/mol. The molecule has 0 bridgehead atoms. The lowest BCUT2D eigenvalue weighted by Gasteiger charge is -2.29. The lowest BCUT2D eigenvalue weighted by molar-refractivity contribution is -0.137. The van der Waals surface area contributed by atoms with E-state index < -0.39 is 0 Å². The number of carbonyl (C=O) groups is 2. The van der Waals surface area contributed by atoms with Crippen LogP contribution in [0.2, 0.25) is 0 Å². The molecular formula is C19H24N2O2. The highest BCUT2D eigenvalue weighted by Crippen LogP contribution is 2.33. The summed E-state index contributed by atoms with van der Waals surface area (Å²) in [5, 5.41) is 0. The number of piperidine rings is 1. The van der Waals surface area contributed by atoms with Gasteiger partial charge in [0.15, 0.2) is 0 Å². The second kappa shape index (κ2) is 6.19. The Morgan fingerprint density at radius 2 is 1.65 bits per heavy atom. The molecule has 1 fully saturated rings. The highest BCUT2D eigenvalue weighted by molar-refractivity contribution is 6.35. The minimum absolute atomic E-state index is 0.132. The van der Waals surface area contributed by atoms with Gasteiger partial charge in [0.2, 0.25) is 0 Å². The third kappa shape index (κ3) is 2.67. The number of likely N-dealkylation sites (tertiary alicyclic amines) is 1. The van der Waals surface area contributed by atoms with E-state index in [1.54, 1.807) is 0 Å². The smallest absolute Gasteiger partial charge is 0.277 e. The van der Waals surface area contributed by atoms with Crippen molar-refractivity contribution in [3.63, 3.8) is 0 Å². The Balaban J connectivity index is 2.12. The molecule has 4 heteroatoms. The average Bonchev–Trinajstić information content (AvgIpc) is 2.81. The zero-order chi connectivity index (χ0) is 16.6. The Bertz CT molecular complexity index is 685. The van der Waals surface area contributed by atoms with Crippen LogP contribution >= 0.6 is 0 Å². The second-order valence-corrected chi connectivity index (χ2v) is 6.42. The molecule has 2 aliphatic rings. The van der Waals surface area contributed by atoms with Gasteiger partial charge in [0, 0.05) is 19.6 Å². The van der Waals surface area contributed by atoms with Crippen molar-refractivity contribution < 1.29 is 9.59 Å². The molecule has 0 spiro atoms. The van der Waals surface area contributed by atoms with Crippen LogP contribution in [0.3, 0.4) is 0 Å². The fourth-order valence-corrected chi connectivity index (χ4v) is 3.42. The summed E-state index contributed by atoms with van der Waals surface area (Å²) in [6.45, 7) is 8.09. The summed E-state index contributed by atoms with van der Waals surface area (Å²) >= 11 is 0. The van der Waals surface area contributed by atoms with Crippen LogP contribution in [0.15, 0.2) is 23.9 Å². The van der Waals surface area contributed by atoms with Gasteiger partial charge in [0.1, 0.15) is 5.70 Å². The third-order valence-electron chi connectivity index (χ3n) is 4.93. The maximum absolute atomic E-state index is 12.8. The van der Waals surface area contributed by atoms with Gasteiger partial charge < -0.3 is 4.90 Å². The van der Waals surface area contributed by atoms with Crippen molar-refractivity contribution in [1.29, 1.82) is 0 Å². The SMILES string of the molecule is CCN1C(=O)C(c2ccc(C)c(C)c2)=C(N2CCCCC2)C1=O. The normalized spacial score (nSPS) is 19.1. The number of imide groups is 1. The van der Waals surface area contributed by atoms with E-state index in [1.165, 1.54) is 16.9 Å².